The lowest BCUT2D eigenvalue weighted by Crippen LogP contribution is -2.08. The molecule has 1 rings (SSSR count). The molecule has 0 fully saturated rings. The number of carbonyl (C=O) groups is 1. The van der Waals surface area contributed by atoms with Crippen LogP contribution in [0.3, 0.4) is 0 Å². The van der Waals surface area contributed by atoms with Gasteiger partial charge in [0, 0.05) is 5.02 Å². The Bertz CT molecular complexity index is 327. The van der Waals surface area contributed by atoms with E-state index in [-0.39, 0.29) is 11.4 Å². The number of halogens is 1. The summed E-state index contributed by atoms with van der Waals surface area (Å²) >= 11 is 5.64. The summed E-state index contributed by atoms with van der Waals surface area (Å²) in [5, 5.41) is 0.481. The molecule has 1 aromatic rings. The van der Waals surface area contributed by atoms with Crippen LogP contribution in [0.1, 0.15) is 0 Å². The van der Waals surface area contributed by atoms with E-state index in [4.69, 9.17) is 22.1 Å². The molecule has 0 unspecified atom stereocenters. The highest BCUT2D eigenvalue weighted by molar-refractivity contribution is 6.30. The molecule has 0 aromatic heterocycles. The first-order valence-electron chi connectivity index (χ1n) is 3.44. The van der Waals surface area contributed by atoms with Crippen LogP contribution in [-0.2, 0) is 4.74 Å². The minimum Gasteiger partial charge on any atom is -0.437 e. The first kappa shape index (κ1) is 9.67. The van der Waals surface area contributed by atoms with Crippen LogP contribution in [0, 0.1) is 0 Å². The first-order chi connectivity index (χ1) is 6.13. The summed E-state index contributed by atoms with van der Waals surface area (Å²) in [6.07, 6.45) is -0.811. The first-order valence-corrected chi connectivity index (χ1v) is 3.82. The summed E-state index contributed by atoms with van der Waals surface area (Å²) in [6, 6.07) is 4.55. The van der Waals surface area contributed by atoms with Crippen molar-refractivity contribution >= 4 is 23.4 Å². The Hall–Kier alpha value is -1.42. The van der Waals surface area contributed by atoms with E-state index in [2.05, 4.69) is 4.74 Å². The number of carbonyl (C=O) groups excluding carboxylic acids is 1. The van der Waals surface area contributed by atoms with E-state index in [0.29, 0.717) is 5.02 Å². The fraction of sp³-hybridized carbons (Fsp3) is 0.125. The van der Waals surface area contributed by atoms with Gasteiger partial charge in [0.15, 0.2) is 5.75 Å². The third-order valence-electron chi connectivity index (χ3n) is 1.33. The third-order valence-corrected chi connectivity index (χ3v) is 1.57. The lowest BCUT2D eigenvalue weighted by Gasteiger charge is -2.05. The number of ether oxygens (including phenoxy) is 2. The normalized spacial score (nSPS) is 9.38. The summed E-state index contributed by atoms with van der Waals surface area (Å²) in [5.41, 5.74) is 5.80. The molecule has 13 heavy (non-hydrogen) atoms. The van der Waals surface area contributed by atoms with Crippen molar-refractivity contribution in [2.75, 3.05) is 12.8 Å². The van der Waals surface area contributed by atoms with Crippen molar-refractivity contribution in [2.24, 2.45) is 0 Å². The van der Waals surface area contributed by atoms with Crippen molar-refractivity contribution < 1.29 is 14.3 Å². The minimum absolute atomic E-state index is 0.233. The van der Waals surface area contributed by atoms with Crippen molar-refractivity contribution in [1.82, 2.24) is 0 Å². The zero-order valence-corrected chi connectivity index (χ0v) is 7.67. The standard InChI is InChI=1S/C8H8ClNO3/c1-12-8(11)13-7-3-2-5(9)4-6(7)10/h2-4H,10H2,1H3. The largest absolute Gasteiger partial charge is 0.513 e. The van der Waals surface area contributed by atoms with Gasteiger partial charge in [0.2, 0.25) is 0 Å². The molecule has 0 aliphatic carbocycles. The number of hydrogen-bond acceptors (Lipinski definition) is 4. The van der Waals surface area contributed by atoms with Crippen molar-refractivity contribution in [3.8, 4) is 5.75 Å². The summed E-state index contributed by atoms with van der Waals surface area (Å²) in [7, 11) is 1.22. The van der Waals surface area contributed by atoms with Crippen LogP contribution in [-0.4, -0.2) is 13.3 Å². The topological polar surface area (TPSA) is 61.5 Å². The maximum atomic E-state index is 10.7. The molecule has 70 valence electrons. The smallest absolute Gasteiger partial charge is 0.437 e. The van der Waals surface area contributed by atoms with Crippen LogP contribution in [0.15, 0.2) is 18.2 Å². The number of methoxy groups -OCH3 is 1. The molecular formula is C8H8ClNO3. The zero-order chi connectivity index (χ0) is 9.84. The van der Waals surface area contributed by atoms with Gasteiger partial charge >= 0.3 is 6.16 Å². The second kappa shape index (κ2) is 4.00. The lowest BCUT2D eigenvalue weighted by molar-refractivity contribution is 0.121. The molecule has 0 heterocycles. The summed E-state index contributed by atoms with van der Waals surface area (Å²) in [6.45, 7) is 0. The van der Waals surface area contributed by atoms with E-state index >= 15 is 0 Å². The summed E-state index contributed by atoms with van der Waals surface area (Å²) in [4.78, 5) is 10.7. The van der Waals surface area contributed by atoms with Gasteiger partial charge in [-0.25, -0.2) is 4.79 Å². The molecule has 0 saturated carbocycles. The zero-order valence-electron chi connectivity index (χ0n) is 6.91. The Morgan fingerprint density at radius 1 is 1.54 bits per heavy atom. The lowest BCUT2D eigenvalue weighted by atomic mass is 10.3. The van der Waals surface area contributed by atoms with Crippen LogP contribution in [0.5, 0.6) is 5.75 Å². The van der Waals surface area contributed by atoms with E-state index in [9.17, 15) is 4.79 Å². The molecule has 1 aromatic carbocycles. The Labute approximate surface area is 80.2 Å². The van der Waals surface area contributed by atoms with Crippen molar-refractivity contribution in [1.29, 1.82) is 0 Å². The average Bonchev–Trinajstić information content (AvgIpc) is 2.09. The van der Waals surface area contributed by atoms with Gasteiger partial charge in [0.1, 0.15) is 0 Å². The van der Waals surface area contributed by atoms with E-state index in [1.165, 1.54) is 19.2 Å². The van der Waals surface area contributed by atoms with Gasteiger partial charge in [-0.2, -0.15) is 0 Å². The number of hydrogen-bond donors (Lipinski definition) is 1. The molecule has 0 atom stereocenters. The fourth-order valence-electron chi connectivity index (χ4n) is 0.744. The van der Waals surface area contributed by atoms with Crippen LogP contribution in [0.4, 0.5) is 10.5 Å². The molecule has 0 aliphatic heterocycles. The van der Waals surface area contributed by atoms with Crippen LogP contribution < -0.4 is 10.5 Å². The monoisotopic (exact) mass is 201 g/mol. The maximum absolute atomic E-state index is 10.7. The van der Waals surface area contributed by atoms with E-state index in [1.54, 1.807) is 6.07 Å². The van der Waals surface area contributed by atoms with Gasteiger partial charge in [-0.05, 0) is 18.2 Å². The van der Waals surface area contributed by atoms with Gasteiger partial charge in [0.05, 0.1) is 12.8 Å². The molecule has 0 radical (unpaired) electrons. The second-order valence-electron chi connectivity index (χ2n) is 2.24. The maximum Gasteiger partial charge on any atom is 0.513 e. The summed E-state index contributed by atoms with van der Waals surface area (Å²) in [5.74, 6) is 0.233. The highest BCUT2D eigenvalue weighted by Crippen LogP contribution is 2.24. The predicted octanol–water partition coefficient (Wildman–Crippen LogP) is 2.07. The molecule has 4 nitrogen and oxygen atoms in total. The van der Waals surface area contributed by atoms with Crippen LogP contribution in [0.2, 0.25) is 5.02 Å². The average molecular weight is 202 g/mol. The number of nitrogen functional groups attached to an aromatic ring is 1. The predicted molar refractivity (Wildman–Crippen MR) is 48.9 cm³/mol. The Kier molecular flexibility index (Phi) is 2.97. The van der Waals surface area contributed by atoms with Crippen LogP contribution in [0.25, 0.3) is 0 Å². The van der Waals surface area contributed by atoms with E-state index in [1.807, 2.05) is 0 Å². The van der Waals surface area contributed by atoms with Crippen molar-refractivity contribution in [2.45, 2.75) is 0 Å². The fourth-order valence-corrected chi connectivity index (χ4v) is 0.924. The van der Waals surface area contributed by atoms with Gasteiger partial charge in [-0.15, -0.1) is 0 Å². The molecule has 2 N–H and O–H groups in total. The van der Waals surface area contributed by atoms with E-state index < -0.39 is 6.16 Å². The highest BCUT2D eigenvalue weighted by Gasteiger charge is 2.06. The number of benzene rings is 1. The minimum atomic E-state index is -0.811. The SMILES string of the molecule is COC(=O)Oc1ccc(Cl)cc1N. The molecule has 0 amide bonds. The molecular weight excluding hydrogens is 194 g/mol. The third kappa shape index (κ3) is 2.52. The molecule has 0 aliphatic rings. The van der Waals surface area contributed by atoms with Crippen molar-refractivity contribution in [3.05, 3.63) is 23.2 Å². The van der Waals surface area contributed by atoms with Crippen LogP contribution >= 0.6 is 11.6 Å². The molecule has 5 heteroatoms. The number of rotatable bonds is 1. The Morgan fingerprint density at radius 3 is 2.77 bits per heavy atom. The highest BCUT2D eigenvalue weighted by atomic mass is 35.5. The quantitative estimate of drug-likeness (QED) is 0.429. The van der Waals surface area contributed by atoms with Gasteiger partial charge in [-0.1, -0.05) is 11.6 Å². The second-order valence-corrected chi connectivity index (χ2v) is 2.67. The Morgan fingerprint density at radius 2 is 2.23 bits per heavy atom. The van der Waals surface area contributed by atoms with Gasteiger partial charge in [-0.3, -0.25) is 0 Å². The Balaban J connectivity index is 2.83. The summed E-state index contributed by atoms with van der Waals surface area (Å²) < 4.78 is 8.99. The van der Waals surface area contributed by atoms with Crippen molar-refractivity contribution in [3.63, 3.8) is 0 Å². The van der Waals surface area contributed by atoms with E-state index in [0.717, 1.165) is 0 Å². The number of anilines is 1. The van der Waals surface area contributed by atoms with Gasteiger partial charge < -0.3 is 15.2 Å². The molecule has 0 bridgehead atoms. The number of nitrogens with two attached hydrogens (primary N) is 1. The molecule has 0 saturated heterocycles. The van der Waals surface area contributed by atoms with Gasteiger partial charge in [0.25, 0.3) is 0 Å². The molecule has 0 spiro atoms.